The molecule has 0 saturated carbocycles. The van der Waals surface area contributed by atoms with E-state index >= 15 is 0 Å². The van der Waals surface area contributed by atoms with E-state index in [-0.39, 0.29) is 5.82 Å². The summed E-state index contributed by atoms with van der Waals surface area (Å²) in [6, 6.07) is 14.8. The molecule has 0 aromatic heterocycles. The fraction of sp³-hybridized carbons (Fsp3) is 0.409. The standard InChI is InChI=1S/C22H29FN4O/c1-24-22(26(2)15-17-8-10-19(23)11-9-17)25-14-18-12-13-27(16-18)20-6-4-5-7-21(20)28-3/h4-11,18H,12-16H2,1-3H3,(H,24,25). The van der Waals surface area contributed by atoms with Crippen LogP contribution in [0.5, 0.6) is 5.75 Å². The highest BCUT2D eigenvalue weighted by Gasteiger charge is 2.24. The fourth-order valence-corrected chi connectivity index (χ4v) is 3.67. The maximum atomic E-state index is 13.1. The van der Waals surface area contributed by atoms with Gasteiger partial charge in [-0.2, -0.15) is 0 Å². The highest BCUT2D eigenvalue weighted by molar-refractivity contribution is 5.79. The van der Waals surface area contributed by atoms with Gasteiger partial charge in [0.05, 0.1) is 12.8 Å². The van der Waals surface area contributed by atoms with Crippen molar-refractivity contribution >= 4 is 11.6 Å². The van der Waals surface area contributed by atoms with Crippen LogP contribution >= 0.6 is 0 Å². The molecule has 0 radical (unpaired) electrons. The first-order valence-electron chi connectivity index (χ1n) is 9.65. The Morgan fingerprint density at radius 2 is 2.00 bits per heavy atom. The van der Waals surface area contributed by atoms with Crippen LogP contribution in [0.1, 0.15) is 12.0 Å². The molecule has 6 heteroatoms. The number of nitrogens with zero attached hydrogens (tertiary/aromatic N) is 3. The summed E-state index contributed by atoms with van der Waals surface area (Å²) in [5.41, 5.74) is 2.21. The topological polar surface area (TPSA) is 40.1 Å². The third kappa shape index (κ3) is 4.94. The van der Waals surface area contributed by atoms with Gasteiger partial charge in [0.1, 0.15) is 11.6 Å². The van der Waals surface area contributed by atoms with Gasteiger partial charge < -0.3 is 19.9 Å². The summed E-state index contributed by atoms with van der Waals surface area (Å²) in [4.78, 5) is 8.83. The first-order chi connectivity index (χ1) is 13.6. The Morgan fingerprint density at radius 1 is 1.25 bits per heavy atom. The number of hydrogen-bond acceptors (Lipinski definition) is 3. The Labute approximate surface area is 166 Å². The number of halogens is 1. The summed E-state index contributed by atoms with van der Waals surface area (Å²) in [5.74, 6) is 2.10. The lowest BCUT2D eigenvalue weighted by molar-refractivity contribution is 0.414. The normalized spacial score (nSPS) is 16.9. The van der Waals surface area contributed by atoms with Gasteiger partial charge in [0.15, 0.2) is 5.96 Å². The van der Waals surface area contributed by atoms with Crippen molar-refractivity contribution in [3.05, 3.63) is 59.9 Å². The lowest BCUT2D eigenvalue weighted by Crippen LogP contribution is -2.41. The molecule has 2 aromatic carbocycles. The zero-order valence-corrected chi connectivity index (χ0v) is 16.9. The Balaban J connectivity index is 1.52. The van der Waals surface area contributed by atoms with Gasteiger partial charge in [-0.25, -0.2) is 4.39 Å². The first kappa shape index (κ1) is 20.0. The van der Waals surface area contributed by atoms with E-state index < -0.39 is 0 Å². The van der Waals surface area contributed by atoms with E-state index in [2.05, 4.69) is 32.2 Å². The van der Waals surface area contributed by atoms with E-state index in [9.17, 15) is 4.39 Å². The number of hydrogen-bond donors (Lipinski definition) is 1. The zero-order valence-electron chi connectivity index (χ0n) is 16.9. The third-order valence-electron chi connectivity index (χ3n) is 5.17. The van der Waals surface area contributed by atoms with Crippen LogP contribution in [0.25, 0.3) is 0 Å². The van der Waals surface area contributed by atoms with Crippen LogP contribution in [0.2, 0.25) is 0 Å². The molecule has 0 amide bonds. The Kier molecular flexibility index (Phi) is 6.74. The van der Waals surface area contributed by atoms with Gasteiger partial charge in [-0.3, -0.25) is 4.99 Å². The van der Waals surface area contributed by atoms with Gasteiger partial charge in [0, 0.05) is 40.3 Å². The van der Waals surface area contributed by atoms with Crippen LogP contribution in [0.3, 0.4) is 0 Å². The van der Waals surface area contributed by atoms with E-state index in [1.54, 1.807) is 26.3 Å². The Bertz CT molecular complexity index is 793. The molecule has 2 aromatic rings. The summed E-state index contributed by atoms with van der Waals surface area (Å²) in [6.07, 6.45) is 1.13. The quantitative estimate of drug-likeness (QED) is 0.612. The van der Waals surface area contributed by atoms with Crippen molar-refractivity contribution in [1.82, 2.24) is 10.2 Å². The Morgan fingerprint density at radius 3 is 2.71 bits per heavy atom. The summed E-state index contributed by atoms with van der Waals surface area (Å²) >= 11 is 0. The van der Waals surface area contributed by atoms with Gasteiger partial charge in [0.25, 0.3) is 0 Å². The maximum Gasteiger partial charge on any atom is 0.193 e. The predicted octanol–water partition coefficient (Wildman–Crippen LogP) is 3.37. The molecule has 1 aliphatic heterocycles. The van der Waals surface area contributed by atoms with Crippen molar-refractivity contribution in [2.45, 2.75) is 13.0 Å². The number of nitrogens with one attached hydrogen (secondary N) is 1. The van der Waals surface area contributed by atoms with E-state index in [1.165, 1.54) is 12.1 Å². The molecule has 5 nitrogen and oxygen atoms in total. The molecule has 0 aliphatic carbocycles. The van der Waals surface area contributed by atoms with E-state index in [4.69, 9.17) is 4.74 Å². The van der Waals surface area contributed by atoms with Crippen LogP contribution in [-0.4, -0.2) is 51.7 Å². The molecular formula is C22H29FN4O. The van der Waals surface area contributed by atoms with Gasteiger partial charge in [-0.05, 0) is 42.2 Å². The molecule has 1 heterocycles. The van der Waals surface area contributed by atoms with Gasteiger partial charge in [-0.1, -0.05) is 24.3 Å². The molecule has 1 N–H and O–H groups in total. The third-order valence-corrected chi connectivity index (χ3v) is 5.17. The number of benzene rings is 2. The van der Waals surface area contributed by atoms with Crippen LogP contribution < -0.4 is 15.0 Å². The minimum absolute atomic E-state index is 0.213. The zero-order chi connectivity index (χ0) is 19.9. The molecule has 1 atom stereocenters. The summed E-state index contributed by atoms with van der Waals surface area (Å²) in [7, 11) is 5.50. The Hall–Kier alpha value is -2.76. The van der Waals surface area contributed by atoms with Crippen LogP contribution in [-0.2, 0) is 6.54 Å². The van der Waals surface area contributed by atoms with Crippen molar-refractivity contribution in [3.8, 4) is 5.75 Å². The molecular weight excluding hydrogens is 355 g/mol. The smallest absolute Gasteiger partial charge is 0.193 e. The maximum absolute atomic E-state index is 13.1. The monoisotopic (exact) mass is 384 g/mol. The minimum atomic E-state index is -0.213. The average molecular weight is 384 g/mol. The van der Waals surface area contributed by atoms with Crippen LogP contribution in [0, 0.1) is 11.7 Å². The number of anilines is 1. The highest BCUT2D eigenvalue weighted by Crippen LogP contribution is 2.31. The SMILES string of the molecule is CN=C(NCC1CCN(c2ccccc2OC)C1)N(C)Cc1ccc(F)cc1. The second-order valence-electron chi connectivity index (χ2n) is 7.18. The number of para-hydroxylation sites is 2. The molecule has 1 unspecified atom stereocenters. The van der Waals surface area contributed by atoms with Crippen molar-refractivity contribution in [1.29, 1.82) is 0 Å². The second kappa shape index (κ2) is 9.44. The molecule has 1 saturated heterocycles. The second-order valence-corrected chi connectivity index (χ2v) is 7.18. The molecule has 150 valence electrons. The molecule has 3 rings (SSSR count). The summed E-state index contributed by atoms with van der Waals surface area (Å²) < 4.78 is 18.6. The number of aliphatic imine (C=N–C) groups is 1. The van der Waals surface area contributed by atoms with E-state index in [1.807, 2.05) is 19.2 Å². The van der Waals surface area contributed by atoms with Crippen LogP contribution in [0.15, 0.2) is 53.5 Å². The minimum Gasteiger partial charge on any atom is -0.495 e. The van der Waals surface area contributed by atoms with Gasteiger partial charge in [0.2, 0.25) is 0 Å². The number of ether oxygens (including phenoxy) is 1. The number of methoxy groups -OCH3 is 1. The van der Waals surface area contributed by atoms with Crippen molar-refractivity contribution < 1.29 is 9.13 Å². The lowest BCUT2D eigenvalue weighted by Gasteiger charge is -2.24. The molecule has 0 spiro atoms. The van der Waals surface area contributed by atoms with E-state index in [0.29, 0.717) is 12.5 Å². The molecule has 28 heavy (non-hydrogen) atoms. The average Bonchev–Trinajstić information content (AvgIpc) is 3.19. The van der Waals surface area contributed by atoms with Crippen molar-refractivity contribution in [2.24, 2.45) is 10.9 Å². The lowest BCUT2D eigenvalue weighted by atomic mass is 10.1. The van der Waals surface area contributed by atoms with Gasteiger partial charge in [-0.15, -0.1) is 0 Å². The first-order valence-corrected chi connectivity index (χ1v) is 9.65. The van der Waals surface area contributed by atoms with Gasteiger partial charge >= 0.3 is 0 Å². The number of rotatable bonds is 6. The highest BCUT2D eigenvalue weighted by atomic mass is 19.1. The molecule has 1 aliphatic rings. The predicted molar refractivity (Wildman–Crippen MR) is 113 cm³/mol. The largest absolute Gasteiger partial charge is 0.495 e. The summed E-state index contributed by atoms with van der Waals surface area (Å²) in [5, 5.41) is 3.49. The molecule has 0 bridgehead atoms. The van der Waals surface area contributed by atoms with E-state index in [0.717, 1.165) is 49.0 Å². The fourth-order valence-electron chi connectivity index (χ4n) is 3.67. The molecule has 1 fully saturated rings. The van der Waals surface area contributed by atoms with Crippen LogP contribution in [0.4, 0.5) is 10.1 Å². The van der Waals surface area contributed by atoms with Crippen molar-refractivity contribution in [2.75, 3.05) is 45.7 Å². The van der Waals surface area contributed by atoms with Crippen molar-refractivity contribution in [3.63, 3.8) is 0 Å². The number of guanidine groups is 1. The summed E-state index contributed by atoms with van der Waals surface area (Å²) in [6.45, 7) is 3.56.